The van der Waals surface area contributed by atoms with Gasteiger partial charge in [-0.05, 0) is 61.4 Å². The monoisotopic (exact) mass is 266 g/mol. The molecular formula is C17H14O3. The second-order valence-corrected chi connectivity index (χ2v) is 4.37. The lowest BCUT2D eigenvalue weighted by Crippen LogP contribution is -2.13. The number of aryl methyl sites for hydroxylation is 2. The summed E-state index contributed by atoms with van der Waals surface area (Å²) in [7, 11) is 0. The molecule has 20 heavy (non-hydrogen) atoms. The third-order valence-electron chi connectivity index (χ3n) is 2.90. The van der Waals surface area contributed by atoms with Gasteiger partial charge in [-0.3, -0.25) is 0 Å². The average molecular weight is 266 g/mol. The van der Waals surface area contributed by atoms with E-state index < -0.39 is 6.16 Å². The first kappa shape index (κ1) is 13.7. The number of hydrogen-bond acceptors (Lipinski definition) is 3. The zero-order valence-corrected chi connectivity index (χ0v) is 11.3. The molecule has 0 N–H and O–H groups in total. The molecule has 0 saturated heterocycles. The molecule has 0 bridgehead atoms. The number of hydrogen-bond donors (Lipinski definition) is 0. The van der Waals surface area contributed by atoms with E-state index in [1.54, 1.807) is 36.4 Å². The van der Waals surface area contributed by atoms with Crippen LogP contribution in [0.15, 0.2) is 42.5 Å². The molecule has 0 heterocycles. The summed E-state index contributed by atoms with van der Waals surface area (Å²) < 4.78 is 10.2. The summed E-state index contributed by atoms with van der Waals surface area (Å²) in [6, 6.07) is 12.0. The molecule has 0 aliphatic carbocycles. The first-order chi connectivity index (χ1) is 9.58. The fourth-order valence-electron chi connectivity index (χ4n) is 1.61. The number of ether oxygens (including phenoxy) is 2. The highest BCUT2D eigenvalue weighted by Crippen LogP contribution is 2.18. The minimum absolute atomic E-state index is 0.387. The lowest BCUT2D eigenvalue weighted by molar-refractivity contribution is 0.152. The Morgan fingerprint density at radius 2 is 1.55 bits per heavy atom. The Bertz CT molecular complexity index is 664. The van der Waals surface area contributed by atoms with Crippen LogP contribution in [0.25, 0.3) is 0 Å². The van der Waals surface area contributed by atoms with Crippen LogP contribution in [0.3, 0.4) is 0 Å². The summed E-state index contributed by atoms with van der Waals surface area (Å²) >= 11 is 0. The molecular weight excluding hydrogens is 252 g/mol. The summed E-state index contributed by atoms with van der Waals surface area (Å²) in [6.07, 6.45) is 4.47. The van der Waals surface area contributed by atoms with Gasteiger partial charge in [-0.2, -0.15) is 0 Å². The van der Waals surface area contributed by atoms with Crippen molar-refractivity contribution >= 4 is 6.16 Å². The SMILES string of the molecule is C#Cc1ccc(OC(=O)Oc2ccc(C)c(C)c2)cc1. The minimum Gasteiger partial charge on any atom is -0.395 e. The Labute approximate surface area is 118 Å². The van der Waals surface area contributed by atoms with Gasteiger partial charge in [-0.25, -0.2) is 4.79 Å². The topological polar surface area (TPSA) is 35.5 Å². The van der Waals surface area contributed by atoms with Crippen LogP contribution in [0.4, 0.5) is 4.79 Å². The van der Waals surface area contributed by atoms with Crippen molar-refractivity contribution in [3.05, 3.63) is 59.2 Å². The second kappa shape index (κ2) is 5.94. The largest absolute Gasteiger partial charge is 0.519 e. The van der Waals surface area contributed by atoms with E-state index in [0.29, 0.717) is 11.5 Å². The highest BCUT2D eigenvalue weighted by molar-refractivity contribution is 5.67. The van der Waals surface area contributed by atoms with Crippen LogP contribution in [-0.4, -0.2) is 6.16 Å². The molecule has 0 aromatic heterocycles. The van der Waals surface area contributed by atoms with Crippen molar-refractivity contribution in [3.63, 3.8) is 0 Å². The van der Waals surface area contributed by atoms with Crippen molar-refractivity contribution in [1.82, 2.24) is 0 Å². The van der Waals surface area contributed by atoms with Crippen molar-refractivity contribution in [3.8, 4) is 23.8 Å². The molecule has 2 aromatic carbocycles. The van der Waals surface area contributed by atoms with Gasteiger partial charge in [-0.1, -0.05) is 12.0 Å². The van der Waals surface area contributed by atoms with Gasteiger partial charge in [-0.15, -0.1) is 6.42 Å². The van der Waals surface area contributed by atoms with Gasteiger partial charge in [0.2, 0.25) is 0 Å². The normalized spacial score (nSPS) is 9.65. The third-order valence-corrected chi connectivity index (χ3v) is 2.90. The molecule has 2 rings (SSSR count). The highest BCUT2D eigenvalue weighted by Gasteiger charge is 2.08. The molecule has 0 spiro atoms. The quantitative estimate of drug-likeness (QED) is 0.470. The zero-order valence-electron chi connectivity index (χ0n) is 11.3. The Balaban J connectivity index is 2.01. The zero-order chi connectivity index (χ0) is 14.5. The van der Waals surface area contributed by atoms with Crippen molar-refractivity contribution in [2.24, 2.45) is 0 Å². The maximum Gasteiger partial charge on any atom is 0.519 e. The Morgan fingerprint density at radius 1 is 0.950 bits per heavy atom. The number of carbonyl (C=O) groups excluding carboxylic acids is 1. The second-order valence-electron chi connectivity index (χ2n) is 4.37. The van der Waals surface area contributed by atoms with E-state index in [4.69, 9.17) is 15.9 Å². The Morgan fingerprint density at radius 3 is 2.15 bits per heavy atom. The summed E-state index contributed by atoms with van der Waals surface area (Å²) in [6.45, 7) is 3.94. The highest BCUT2D eigenvalue weighted by atomic mass is 16.7. The van der Waals surface area contributed by atoms with Crippen molar-refractivity contribution < 1.29 is 14.3 Å². The van der Waals surface area contributed by atoms with Gasteiger partial charge in [0.1, 0.15) is 11.5 Å². The number of rotatable bonds is 2. The van der Waals surface area contributed by atoms with Crippen LogP contribution in [0.1, 0.15) is 16.7 Å². The Kier molecular flexibility index (Phi) is 4.07. The first-order valence-electron chi connectivity index (χ1n) is 6.12. The van der Waals surface area contributed by atoms with Gasteiger partial charge in [0.15, 0.2) is 0 Å². The standard InChI is InChI=1S/C17H14O3/c1-4-14-6-9-15(10-7-14)19-17(18)20-16-8-5-12(2)13(3)11-16/h1,5-11H,2-3H3. The molecule has 0 atom stereocenters. The molecule has 3 heteroatoms. The molecule has 2 aromatic rings. The van der Waals surface area contributed by atoms with Gasteiger partial charge in [0.25, 0.3) is 0 Å². The predicted molar refractivity (Wildman–Crippen MR) is 76.9 cm³/mol. The van der Waals surface area contributed by atoms with E-state index in [1.807, 2.05) is 19.9 Å². The van der Waals surface area contributed by atoms with Crippen molar-refractivity contribution in [2.45, 2.75) is 13.8 Å². The number of benzene rings is 2. The van der Waals surface area contributed by atoms with Gasteiger partial charge in [0.05, 0.1) is 0 Å². The lowest BCUT2D eigenvalue weighted by Gasteiger charge is -2.07. The molecule has 0 amide bonds. The van der Waals surface area contributed by atoms with E-state index in [-0.39, 0.29) is 0 Å². The van der Waals surface area contributed by atoms with Crippen LogP contribution < -0.4 is 9.47 Å². The number of carbonyl (C=O) groups is 1. The van der Waals surface area contributed by atoms with Crippen molar-refractivity contribution in [1.29, 1.82) is 0 Å². The fourth-order valence-corrected chi connectivity index (χ4v) is 1.61. The summed E-state index contributed by atoms with van der Waals surface area (Å²) in [5.41, 5.74) is 2.91. The van der Waals surface area contributed by atoms with Crippen LogP contribution in [0.5, 0.6) is 11.5 Å². The maximum absolute atomic E-state index is 11.6. The third kappa shape index (κ3) is 3.39. The van der Waals surface area contributed by atoms with Crippen molar-refractivity contribution in [2.75, 3.05) is 0 Å². The van der Waals surface area contributed by atoms with Crippen LogP contribution in [0, 0.1) is 26.2 Å². The van der Waals surface area contributed by atoms with Gasteiger partial charge in [0, 0.05) is 5.56 Å². The van der Waals surface area contributed by atoms with E-state index >= 15 is 0 Å². The van der Waals surface area contributed by atoms with Crippen LogP contribution in [-0.2, 0) is 0 Å². The molecule has 0 radical (unpaired) electrons. The van der Waals surface area contributed by atoms with E-state index in [1.165, 1.54) is 0 Å². The van der Waals surface area contributed by atoms with Crippen LogP contribution in [0.2, 0.25) is 0 Å². The summed E-state index contributed by atoms with van der Waals surface area (Å²) in [5.74, 6) is 3.33. The minimum atomic E-state index is -0.776. The average Bonchev–Trinajstić information content (AvgIpc) is 2.44. The first-order valence-corrected chi connectivity index (χ1v) is 6.12. The summed E-state index contributed by atoms with van der Waals surface area (Å²) in [4.78, 5) is 11.6. The van der Waals surface area contributed by atoms with Crippen LogP contribution >= 0.6 is 0 Å². The number of terminal acetylenes is 1. The lowest BCUT2D eigenvalue weighted by atomic mass is 10.1. The molecule has 0 fully saturated rings. The van der Waals surface area contributed by atoms with E-state index in [9.17, 15) is 4.79 Å². The molecule has 3 nitrogen and oxygen atoms in total. The molecule has 100 valence electrons. The summed E-state index contributed by atoms with van der Waals surface area (Å²) in [5, 5.41) is 0. The molecule has 0 aliphatic heterocycles. The van der Waals surface area contributed by atoms with Gasteiger partial charge >= 0.3 is 6.16 Å². The van der Waals surface area contributed by atoms with E-state index in [0.717, 1.165) is 16.7 Å². The molecule has 0 saturated carbocycles. The molecule has 0 aliphatic rings. The maximum atomic E-state index is 11.6. The smallest absolute Gasteiger partial charge is 0.395 e. The fraction of sp³-hybridized carbons (Fsp3) is 0.118. The predicted octanol–water partition coefficient (Wildman–Crippen LogP) is 3.86. The molecule has 0 unspecified atom stereocenters. The van der Waals surface area contributed by atoms with Gasteiger partial charge < -0.3 is 9.47 Å². The van der Waals surface area contributed by atoms with E-state index in [2.05, 4.69) is 5.92 Å². The Hall–Kier alpha value is -2.73.